The number of hydrogen-bond donors (Lipinski definition) is 1. The van der Waals surface area contributed by atoms with Gasteiger partial charge in [-0.25, -0.2) is 0 Å². The summed E-state index contributed by atoms with van der Waals surface area (Å²) >= 11 is 0. The Balaban J connectivity index is 1.91. The van der Waals surface area contributed by atoms with E-state index in [-0.39, 0.29) is 24.2 Å². The molecular weight excluding hydrogens is 396 g/mol. The normalized spacial score (nSPS) is 10.1. The molecule has 0 saturated carbocycles. The van der Waals surface area contributed by atoms with E-state index in [0.29, 0.717) is 22.8 Å². The Hall–Kier alpha value is -3.82. The molecule has 0 aliphatic carbocycles. The van der Waals surface area contributed by atoms with Gasteiger partial charge in [-0.1, -0.05) is 18.2 Å². The number of rotatable bonds is 10. The molecule has 0 radical (unpaired) electrons. The smallest absolute Gasteiger partial charge is 0.311 e. The molecule has 0 aromatic heterocycles. The number of nitro groups is 1. The second-order valence-corrected chi connectivity index (χ2v) is 6.02. The molecule has 0 unspecified atom stereocenters. The van der Waals surface area contributed by atoms with E-state index < -0.39 is 23.4 Å². The van der Waals surface area contributed by atoms with Crippen LogP contribution in [0.3, 0.4) is 0 Å². The first-order chi connectivity index (χ1) is 14.4. The molecule has 1 N–H and O–H groups in total. The number of para-hydroxylation sites is 1. The molecule has 0 fully saturated rings. The van der Waals surface area contributed by atoms with Gasteiger partial charge in [0.1, 0.15) is 5.75 Å². The van der Waals surface area contributed by atoms with Crippen molar-refractivity contribution in [3.8, 4) is 17.2 Å². The quantitative estimate of drug-likeness (QED) is 0.353. The molecule has 0 saturated heterocycles. The Morgan fingerprint density at radius 2 is 1.60 bits per heavy atom. The summed E-state index contributed by atoms with van der Waals surface area (Å²) < 4.78 is 20.6. The van der Waals surface area contributed by atoms with E-state index in [1.807, 2.05) is 0 Å². The summed E-state index contributed by atoms with van der Waals surface area (Å²) in [7, 11) is 4.47. The number of esters is 1. The third kappa shape index (κ3) is 5.84. The Kier molecular flexibility index (Phi) is 7.98. The molecule has 0 atom stereocenters. The number of carbonyl (C=O) groups is 2. The van der Waals surface area contributed by atoms with Gasteiger partial charge in [-0.05, 0) is 6.07 Å². The second-order valence-electron chi connectivity index (χ2n) is 6.02. The number of carbonyl (C=O) groups excluding carboxylic acids is 2. The summed E-state index contributed by atoms with van der Waals surface area (Å²) in [4.78, 5) is 34.4. The number of methoxy groups -OCH3 is 3. The topological polar surface area (TPSA) is 126 Å². The summed E-state index contributed by atoms with van der Waals surface area (Å²) in [6, 6.07) is 9.14. The third-order valence-corrected chi connectivity index (χ3v) is 4.15. The Labute approximate surface area is 172 Å². The lowest BCUT2D eigenvalue weighted by atomic mass is 10.1. The maximum absolute atomic E-state index is 12.0. The van der Waals surface area contributed by atoms with Gasteiger partial charge in [0.25, 0.3) is 11.6 Å². The number of amides is 1. The Morgan fingerprint density at radius 3 is 2.23 bits per heavy atom. The lowest BCUT2D eigenvalue weighted by Crippen LogP contribution is -2.29. The molecule has 2 rings (SSSR count). The van der Waals surface area contributed by atoms with Gasteiger partial charge in [0, 0.05) is 29.8 Å². The van der Waals surface area contributed by atoms with E-state index in [9.17, 15) is 19.7 Å². The molecule has 0 spiro atoms. The van der Waals surface area contributed by atoms with Crippen molar-refractivity contribution >= 4 is 17.6 Å². The van der Waals surface area contributed by atoms with Crippen LogP contribution in [0, 0.1) is 10.1 Å². The van der Waals surface area contributed by atoms with Crippen LogP contribution in [0.1, 0.15) is 11.1 Å². The predicted octanol–water partition coefficient (Wildman–Crippen LogP) is 2.02. The van der Waals surface area contributed by atoms with Crippen molar-refractivity contribution in [1.29, 1.82) is 0 Å². The number of nitrogens with one attached hydrogen (secondary N) is 1. The van der Waals surface area contributed by atoms with Gasteiger partial charge < -0.3 is 24.3 Å². The fourth-order valence-electron chi connectivity index (χ4n) is 2.67. The fraction of sp³-hybridized carbons (Fsp3) is 0.300. The maximum atomic E-state index is 12.0. The standard InChI is InChI=1S/C20H22N2O8/c1-27-16-10-18(29-3)17(28-2)8-14(16)11-21-19(23)12-30-20(24)9-13-6-4-5-7-15(13)22(25)26/h4-8,10H,9,11-12H2,1-3H3,(H,21,23). The summed E-state index contributed by atoms with van der Waals surface area (Å²) in [6.45, 7) is -0.418. The van der Waals surface area contributed by atoms with Crippen LogP contribution in [0.15, 0.2) is 36.4 Å². The molecule has 160 valence electrons. The van der Waals surface area contributed by atoms with Crippen molar-refractivity contribution in [2.24, 2.45) is 0 Å². The monoisotopic (exact) mass is 418 g/mol. The highest BCUT2D eigenvalue weighted by Gasteiger charge is 2.17. The summed E-state index contributed by atoms with van der Waals surface area (Å²) in [5.74, 6) is 0.152. The minimum atomic E-state index is -0.747. The van der Waals surface area contributed by atoms with E-state index >= 15 is 0 Å². The number of nitro benzene ring substituents is 1. The number of hydrogen-bond acceptors (Lipinski definition) is 8. The van der Waals surface area contributed by atoms with Gasteiger partial charge in [0.2, 0.25) is 0 Å². The molecule has 0 aliphatic rings. The summed E-state index contributed by atoms with van der Waals surface area (Å²) in [5, 5.41) is 13.6. The average Bonchev–Trinajstić information content (AvgIpc) is 2.75. The zero-order valence-electron chi connectivity index (χ0n) is 16.8. The number of nitrogens with zero attached hydrogens (tertiary/aromatic N) is 1. The molecule has 10 heteroatoms. The lowest BCUT2D eigenvalue weighted by molar-refractivity contribution is -0.385. The Bertz CT molecular complexity index is 929. The highest BCUT2D eigenvalue weighted by molar-refractivity contribution is 5.81. The van der Waals surface area contributed by atoms with Gasteiger partial charge >= 0.3 is 5.97 Å². The molecule has 0 aliphatic heterocycles. The van der Waals surface area contributed by atoms with Crippen molar-refractivity contribution in [2.45, 2.75) is 13.0 Å². The Morgan fingerprint density at radius 1 is 0.967 bits per heavy atom. The van der Waals surface area contributed by atoms with Gasteiger partial charge in [0.15, 0.2) is 18.1 Å². The second kappa shape index (κ2) is 10.6. The minimum Gasteiger partial charge on any atom is -0.496 e. The van der Waals surface area contributed by atoms with E-state index in [2.05, 4.69) is 5.32 Å². The largest absolute Gasteiger partial charge is 0.496 e. The van der Waals surface area contributed by atoms with E-state index in [0.717, 1.165) is 0 Å². The van der Waals surface area contributed by atoms with Crippen LogP contribution >= 0.6 is 0 Å². The first-order valence-electron chi connectivity index (χ1n) is 8.83. The van der Waals surface area contributed by atoms with Crippen LogP contribution in [0.25, 0.3) is 0 Å². The molecule has 30 heavy (non-hydrogen) atoms. The van der Waals surface area contributed by atoms with Crippen LogP contribution in [0.5, 0.6) is 17.2 Å². The molecule has 0 heterocycles. The highest BCUT2D eigenvalue weighted by Crippen LogP contribution is 2.34. The molecular formula is C20H22N2O8. The predicted molar refractivity (Wildman–Crippen MR) is 106 cm³/mol. The van der Waals surface area contributed by atoms with Crippen LogP contribution in [0.4, 0.5) is 5.69 Å². The molecule has 2 aromatic carbocycles. The van der Waals surface area contributed by atoms with Gasteiger partial charge in [0.05, 0.1) is 32.7 Å². The SMILES string of the molecule is COc1cc(OC)c(OC)cc1CNC(=O)COC(=O)Cc1ccccc1[N+](=O)[O-]. The van der Waals surface area contributed by atoms with Crippen molar-refractivity contribution < 1.29 is 33.5 Å². The zero-order chi connectivity index (χ0) is 22.1. The average molecular weight is 418 g/mol. The third-order valence-electron chi connectivity index (χ3n) is 4.15. The molecule has 2 aromatic rings. The highest BCUT2D eigenvalue weighted by atomic mass is 16.6. The molecule has 0 bridgehead atoms. The van der Waals surface area contributed by atoms with E-state index in [1.165, 1.54) is 39.5 Å². The van der Waals surface area contributed by atoms with Crippen LogP contribution < -0.4 is 19.5 Å². The lowest BCUT2D eigenvalue weighted by Gasteiger charge is -2.14. The van der Waals surface area contributed by atoms with Gasteiger partial charge in [-0.2, -0.15) is 0 Å². The van der Waals surface area contributed by atoms with Crippen molar-refractivity contribution in [1.82, 2.24) is 5.32 Å². The molecule has 1 amide bonds. The van der Waals surface area contributed by atoms with E-state index in [4.69, 9.17) is 18.9 Å². The van der Waals surface area contributed by atoms with Gasteiger partial charge in [-0.15, -0.1) is 0 Å². The zero-order valence-corrected chi connectivity index (χ0v) is 16.8. The minimum absolute atomic E-state index is 0.101. The summed E-state index contributed by atoms with van der Waals surface area (Å²) in [5.41, 5.74) is 0.664. The summed E-state index contributed by atoms with van der Waals surface area (Å²) in [6.07, 6.45) is -0.312. The number of benzene rings is 2. The van der Waals surface area contributed by atoms with Crippen molar-refractivity contribution in [3.63, 3.8) is 0 Å². The maximum Gasteiger partial charge on any atom is 0.311 e. The van der Waals surface area contributed by atoms with E-state index in [1.54, 1.807) is 18.2 Å². The van der Waals surface area contributed by atoms with Crippen LogP contribution in [0.2, 0.25) is 0 Å². The van der Waals surface area contributed by atoms with Crippen molar-refractivity contribution in [3.05, 3.63) is 57.6 Å². The molecule has 10 nitrogen and oxygen atoms in total. The van der Waals surface area contributed by atoms with Crippen LogP contribution in [-0.2, 0) is 27.3 Å². The first kappa shape index (κ1) is 22.5. The van der Waals surface area contributed by atoms with Crippen molar-refractivity contribution in [2.75, 3.05) is 27.9 Å². The number of ether oxygens (including phenoxy) is 4. The van der Waals surface area contributed by atoms with Gasteiger partial charge in [-0.3, -0.25) is 19.7 Å². The van der Waals surface area contributed by atoms with Crippen LogP contribution in [-0.4, -0.2) is 44.7 Å². The first-order valence-corrected chi connectivity index (χ1v) is 8.83. The fourth-order valence-corrected chi connectivity index (χ4v) is 2.67.